The zero-order valence-corrected chi connectivity index (χ0v) is 19.1. The molecule has 4 rings (SSSR count). The Morgan fingerprint density at radius 2 is 1.79 bits per heavy atom. The molecule has 0 bridgehead atoms. The summed E-state index contributed by atoms with van der Waals surface area (Å²) in [6.45, 7) is 2.44. The third kappa shape index (κ3) is 5.22. The van der Waals surface area contributed by atoms with Crippen molar-refractivity contribution < 1.29 is 13.9 Å². The molecule has 0 radical (unpaired) electrons. The molecular formula is C25H19ClN2O4S. The standard InChI is InChI=1S/C25H19ClN2O4S/c1-2-31-18-10-7-15(8-11-18)23(29)28-25(33)27-17-9-12-19(21(26)14-17)20-13-16-5-3-4-6-22(16)32-24(20)30/h3-14H,2H2,1H3,(H2,27,28,29,33). The van der Waals surface area contributed by atoms with E-state index in [1.54, 1.807) is 60.7 Å². The van der Waals surface area contributed by atoms with Crippen molar-refractivity contribution in [1.82, 2.24) is 5.32 Å². The van der Waals surface area contributed by atoms with E-state index < -0.39 is 5.63 Å². The van der Waals surface area contributed by atoms with Gasteiger partial charge in [0.05, 0.1) is 17.2 Å². The molecule has 0 saturated carbocycles. The molecule has 0 saturated heterocycles. The lowest BCUT2D eigenvalue weighted by atomic mass is 10.1. The number of hydrogen-bond donors (Lipinski definition) is 2. The Labute approximate surface area is 200 Å². The van der Waals surface area contributed by atoms with Crippen LogP contribution in [0.2, 0.25) is 5.02 Å². The molecule has 6 nitrogen and oxygen atoms in total. The molecule has 2 N–H and O–H groups in total. The minimum atomic E-state index is -0.477. The molecule has 0 atom stereocenters. The van der Waals surface area contributed by atoms with Gasteiger partial charge in [-0.15, -0.1) is 0 Å². The topological polar surface area (TPSA) is 80.6 Å². The van der Waals surface area contributed by atoms with Crippen molar-refractivity contribution in [2.45, 2.75) is 6.92 Å². The fourth-order valence-electron chi connectivity index (χ4n) is 3.27. The quantitative estimate of drug-likeness (QED) is 0.285. The Hall–Kier alpha value is -3.68. The zero-order chi connectivity index (χ0) is 23.4. The van der Waals surface area contributed by atoms with Crippen LogP contribution in [-0.4, -0.2) is 17.6 Å². The van der Waals surface area contributed by atoms with E-state index in [1.165, 1.54) is 0 Å². The highest BCUT2D eigenvalue weighted by Gasteiger charge is 2.13. The number of amides is 1. The van der Waals surface area contributed by atoms with Gasteiger partial charge in [0, 0.05) is 22.2 Å². The molecule has 0 aliphatic carbocycles. The predicted octanol–water partition coefficient (Wildman–Crippen LogP) is 5.64. The first-order valence-electron chi connectivity index (χ1n) is 10.1. The lowest BCUT2D eigenvalue weighted by Gasteiger charge is -2.12. The van der Waals surface area contributed by atoms with Crippen molar-refractivity contribution in [3.8, 4) is 16.9 Å². The number of anilines is 1. The van der Waals surface area contributed by atoms with Gasteiger partial charge in [-0.2, -0.15) is 0 Å². The monoisotopic (exact) mass is 478 g/mol. The van der Waals surface area contributed by atoms with E-state index in [4.69, 9.17) is 33.0 Å². The van der Waals surface area contributed by atoms with Crippen molar-refractivity contribution >= 4 is 51.5 Å². The predicted molar refractivity (Wildman–Crippen MR) is 134 cm³/mol. The molecule has 1 aromatic heterocycles. The van der Waals surface area contributed by atoms with Gasteiger partial charge in [-0.05, 0) is 67.7 Å². The van der Waals surface area contributed by atoms with Gasteiger partial charge in [0.1, 0.15) is 11.3 Å². The van der Waals surface area contributed by atoms with E-state index >= 15 is 0 Å². The van der Waals surface area contributed by atoms with E-state index in [9.17, 15) is 9.59 Å². The average molecular weight is 479 g/mol. The first-order chi connectivity index (χ1) is 15.9. The summed E-state index contributed by atoms with van der Waals surface area (Å²) in [6.07, 6.45) is 0. The molecule has 0 fully saturated rings. The van der Waals surface area contributed by atoms with Crippen LogP contribution in [0.4, 0.5) is 5.69 Å². The molecule has 1 heterocycles. The van der Waals surface area contributed by atoms with E-state index in [0.717, 1.165) is 5.39 Å². The van der Waals surface area contributed by atoms with Gasteiger partial charge in [-0.25, -0.2) is 4.79 Å². The first kappa shape index (κ1) is 22.5. The van der Waals surface area contributed by atoms with Crippen LogP contribution in [0.15, 0.2) is 82.0 Å². The minimum Gasteiger partial charge on any atom is -0.494 e. The van der Waals surface area contributed by atoms with Crippen LogP contribution in [0.1, 0.15) is 17.3 Å². The molecule has 0 aliphatic rings. The number of thiocarbonyl (C=S) groups is 1. The second-order valence-electron chi connectivity index (χ2n) is 7.05. The minimum absolute atomic E-state index is 0.114. The van der Waals surface area contributed by atoms with Gasteiger partial charge in [-0.3, -0.25) is 10.1 Å². The Morgan fingerprint density at radius 3 is 2.52 bits per heavy atom. The summed E-state index contributed by atoms with van der Waals surface area (Å²) in [5, 5.41) is 6.80. The third-order valence-electron chi connectivity index (χ3n) is 4.81. The molecule has 166 valence electrons. The van der Waals surface area contributed by atoms with Crippen LogP contribution >= 0.6 is 23.8 Å². The van der Waals surface area contributed by atoms with Gasteiger partial charge >= 0.3 is 5.63 Å². The van der Waals surface area contributed by atoms with Crippen LogP contribution in [0.5, 0.6) is 5.75 Å². The number of ether oxygens (including phenoxy) is 1. The van der Waals surface area contributed by atoms with Crippen LogP contribution in [-0.2, 0) is 0 Å². The van der Waals surface area contributed by atoms with E-state index in [0.29, 0.717) is 45.3 Å². The van der Waals surface area contributed by atoms with E-state index in [2.05, 4.69) is 10.6 Å². The van der Waals surface area contributed by atoms with Gasteiger partial charge in [-0.1, -0.05) is 35.9 Å². The van der Waals surface area contributed by atoms with Gasteiger partial charge in [0.2, 0.25) is 0 Å². The SMILES string of the molecule is CCOc1ccc(C(=O)NC(=S)Nc2ccc(-c3cc4ccccc4oc3=O)c(Cl)c2)cc1. The fraction of sp³-hybridized carbons (Fsp3) is 0.0800. The number of para-hydroxylation sites is 1. The lowest BCUT2D eigenvalue weighted by molar-refractivity contribution is 0.0977. The number of halogens is 1. The smallest absolute Gasteiger partial charge is 0.344 e. The number of rotatable bonds is 5. The van der Waals surface area contributed by atoms with E-state index in [1.807, 2.05) is 19.1 Å². The van der Waals surface area contributed by atoms with Crippen molar-refractivity contribution in [3.63, 3.8) is 0 Å². The first-order valence-corrected chi connectivity index (χ1v) is 10.9. The zero-order valence-electron chi connectivity index (χ0n) is 17.6. The largest absolute Gasteiger partial charge is 0.494 e. The Balaban J connectivity index is 1.47. The van der Waals surface area contributed by atoms with Gasteiger partial charge < -0.3 is 14.5 Å². The van der Waals surface area contributed by atoms with E-state index in [-0.39, 0.29) is 11.0 Å². The molecule has 1 amide bonds. The van der Waals surface area contributed by atoms with Crippen molar-refractivity contribution in [2.75, 3.05) is 11.9 Å². The Bertz CT molecular complexity index is 1400. The summed E-state index contributed by atoms with van der Waals surface area (Å²) in [7, 11) is 0. The summed E-state index contributed by atoms with van der Waals surface area (Å²) in [4.78, 5) is 24.9. The Morgan fingerprint density at radius 1 is 1.03 bits per heavy atom. The molecule has 8 heteroatoms. The highest BCUT2D eigenvalue weighted by molar-refractivity contribution is 7.80. The third-order valence-corrected chi connectivity index (χ3v) is 5.33. The fourth-order valence-corrected chi connectivity index (χ4v) is 3.76. The molecule has 0 aliphatic heterocycles. The van der Waals surface area contributed by atoms with Crippen LogP contribution in [0.25, 0.3) is 22.1 Å². The molecular weight excluding hydrogens is 460 g/mol. The van der Waals surface area contributed by atoms with Gasteiger partial charge in [0.15, 0.2) is 5.11 Å². The average Bonchev–Trinajstić information content (AvgIpc) is 2.79. The number of hydrogen-bond acceptors (Lipinski definition) is 5. The molecule has 4 aromatic rings. The van der Waals surface area contributed by atoms with Crippen molar-refractivity contribution in [2.24, 2.45) is 0 Å². The summed E-state index contributed by atoms with van der Waals surface area (Å²) in [6, 6.07) is 20.8. The maximum atomic E-state index is 12.4. The van der Waals surface area contributed by atoms with Gasteiger partial charge in [0.25, 0.3) is 5.91 Å². The Kier molecular flexibility index (Phi) is 6.72. The summed E-state index contributed by atoms with van der Waals surface area (Å²) < 4.78 is 10.8. The molecule has 33 heavy (non-hydrogen) atoms. The molecule has 3 aromatic carbocycles. The van der Waals surface area contributed by atoms with Crippen molar-refractivity contribution in [1.29, 1.82) is 0 Å². The molecule has 0 unspecified atom stereocenters. The number of carbonyl (C=O) groups excluding carboxylic acids is 1. The maximum Gasteiger partial charge on any atom is 0.344 e. The number of fused-ring (bicyclic) bond motifs is 1. The van der Waals surface area contributed by atoms with Crippen LogP contribution in [0.3, 0.4) is 0 Å². The lowest BCUT2D eigenvalue weighted by Crippen LogP contribution is -2.34. The summed E-state index contributed by atoms with van der Waals surface area (Å²) in [5.41, 5.74) is 1.93. The molecule has 0 spiro atoms. The number of carbonyl (C=O) groups is 1. The van der Waals surface area contributed by atoms with Crippen LogP contribution < -0.4 is 21.0 Å². The second kappa shape index (κ2) is 9.85. The maximum absolute atomic E-state index is 12.4. The highest BCUT2D eigenvalue weighted by Crippen LogP contribution is 2.30. The number of nitrogens with one attached hydrogen (secondary N) is 2. The summed E-state index contributed by atoms with van der Waals surface area (Å²) in [5.74, 6) is 0.331. The second-order valence-corrected chi connectivity index (χ2v) is 7.86. The van der Waals surface area contributed by atoms with Crippen molar-refractivity contribution in [3.05, 3.63) is 93.8 Å². The number of benzene rings is 3. The highest BCUT2D eigenvalue weighted by atomic mass is 35.5. The normalized spacial score (nSPS) is 10.6. The summed E-state index contributed by atoms with van der Waals surface area (Å²) >= 11 is 11.7. The van der Waals surface area contributed by atoms with Crippen LogP contribution in [0, 0.1) is 0 Å².